The molecule has 2 aromatic carbocycles. The Morgan fingerprint density at radius 3 is 2.64 bits per heavy atom. The second-order valence-electron chi connectivity index (χ2n) is 7.02. The third-order valence-corrected chi connectivity index (χ3v) is 5.48. The highest BCUT2D eigenvalue weighted by atomic mass is 16.5. The minimum absolute atomic E-state index is 0.179. The highest BCUT2D eigenvalue weighted by molar-refractivity contribution is 6.12. The van der Waals surface area contributed by atoms with Crippen LogP contribution in [0.4, 0.5) is 10.5 Å². The highest BCUT2D eigenvalue weighted by Crippen LogP contribution is 2.38. The number of esters is 1. The van der Waals surface area contributed by atoms with Gasteiger partial charge in [0.15, 0.2) is 0 Å². The number of nitrogens with one attached hydrogen (secondary N) is 1. The highest BCUT2D eigenvalue weighted by Gasteiger charge is 2.43. The third-order valence-electron chi connectivity index (χ3n) is 5.48. The molecule has 0 aromatic heterocycles. The second kappa shape index (κ2) is 5.95. The molecule has 0 spiro atoms. The molecule has 3 aliphatic heterocycles. The Kier molecular flexibility index (Phi) is 3.52. The summed E-state index contributed by atoms with van der Waals surface area (Å²) in [4.78, 5) is 40.8. The van der Waals surface area contributed by atoms with Gasteiger partial charge in [0.1, 0.15) is 6.61 Å². The van der Waals surface area contributed by atoms with Gasteiger partial charge in [-0.1, -0.05) is 36.4 Å². The second-order valence-corrected chi connectivity index (χ2v) is 7.02. The number of amides is 3. The summed E-state index contributed by atoms with van der Waals surface area (Å²) in [6.07, 6.45) is 0. The predicted molar refractivity (Wildman–Crippen MR) is 100 cm³/mol. The lowest BCUT2D eigenvalue weighted by Crippen LogP contribution is -2.45. The summed E-state index contributed by atoms with van der Waals surface area (Å²) < 4.78 is 5.05. The average Bonchev–Trinajstić information content (AvgIpc) is 3.26. The van der Waals surface area contributed by atoms with Gasteiger partial charge in [-0.15, -0.1) is 0 Å². The molecule has 140 valence electrons. The van der Waals surface area contributed by atoms with Crippen LogP contribution in [-0.2, 0) is 16.1 Å². The van der Waals surface area contributed by atoms with Crippen molar-refractivity contribution in [3.8, 4) is 0 Å². The van der Waals surface area contributed by atoms with E-state index in [0.29, 0.717) is 22.5 Å². The molecular weight excluding hydrogens is 358 g/mol. The van der Waals surface area contributed by atoms with Gasteiger partial charge in [-0.3, -0.25) is 9.69 Å². The van der Waals surface area contributed by atoms with Crippen LogP contribution >= 0.6 is 0 Å². The fourth-order valence-corrected chi connectivity index (χ4v) is 3.94. The largest absolute Gasteiger partial charge is 0.457 e. The third kappa shape index (κ3) is 2.32. The van der Waals surface area contributed by atoms with Crippen LogP contribution in [0.25, 0.3) is 0 Å². The van der Waals surface area contributed by atoms with Gasteiger partial charge in [-0.25, -0.2) is 9.59 Å². The number of urea groups is 1. The van der Waals surface area contributed by atoms with Gasteiger partial charge in [-0.05, 0) is 17.7 Å². The quantitative estimate of drug-likeness (QED) is 0.818. The molecule has 0 fully saturated rings. The fraction of sp³-hybridized carbons (Fsp3) is 0.190. The first kappa shape index (κ1) is 16.6. The van der Waals surface area contributed by atoms with E-state index in [1.54, 1.807) is 18.0 Å². The number of benzene rings is 2. The van der Waals surface area contributed by atoms with E-state index in [9.17, 15) is 14.4 Å². The van der Waals surface area contributed by atoms with Crippen LogP contribution in [0.1, 0.15) is 27.5 Å². The van der Waals surface area contributed by atoms with E-state index in [0.717, 1.165) is 11.1 Å². The Labute approximate surface area is 161 Å². The van der Waals surface area contributed by atoms with E-state index in [1.165, 1.54) is 4.90 Å². The molecule has 3 aliphatic rings. The van der Waals surface area contributed by atoms with Crippen LogP contribution in [-0.4, -0.2) is 36.4 Å². The van der Waals surface area contributed by atoms with E-state index in [4.69, 9.17) is 4.74 Å². The molecule has 0 bridgehead atoms. The Hall–Kier alpha value is -3.61. The molecule has 2 aromatic rings. The first-order valence-corrected chi connectivity index (χ1v) is 8.98. The molecule has 3 amide bonds. The summed E-state index contributed by atoms with van der Waals surface area (Å²) in [5, 5.41) is 2.91. The molecule has 0 aliphatic carbocycles. The van der Waals surface area contributed by atoms with Crippen molar-refractivity contribution in [3.05, 3.63) is 76.5 Å². The zero-order valence-corrected chi connectivity index (χ0v) is 15.1. The lowest BCUT2D eigenvalue weighted by molar-refractivity contribution is -0.114. The zero-order chi connectivity index (χ0) is 19.4. The van der Waals surface area contributed by atoms with Gasteiger partial charge >= 0.3 is 12.0 Å². The van der Waals surface area contributed by atoms with Gasteiger partial charge in [0.2, 0.25) is 0 Å². The van der Waals surface area contributed by atoms with E-state index in [1.807, 2.05) is 42.5 Å². The average molecular weight is 375 g/mol. The molecular formula is C21H17N3O4. The van der Waals surface area contributed by atoms with Crippen molar-refractivity contribution in [2.45, 2.75) is 12.6 Å². The summed E-state index contributed by atoms with van der Waals surface area (Å²) in [6.45, 7) is 0.531. The SMILES string of the molecule is CN1C(=O)NC(c2ccccc2)C2=C1CN(c1ccc3c(c1)C(=O)OC3)C2=O. The maximum absolute atomic E-state index is 13.3. The molecule has 0 saturated heterocycles. The Bertz CT molecular complexity index is 1060. The maximum atomic E-state index is 13.3. The van der Waals surface area contributed by atoms with Crippen LogP contribution in [0.15, 0.2) is 59.8 Å². The first-order chi connectivity index (χ1) is 13.5. The standard InChI is InChI=1S/C21H17N3O4/c1-23-16-10-24(14-8-7-13-11-28-20(26)15(13)9-14)19(25)17(16)18(22-21(23)27)12-5-3-2-4-6-12/h2-9,18H,10-11H2,1H3,(H,22,27). The Morgan fingerprint density at radius 2 is 1.86 bits per heavy atom. The molecule has 7 nitrogen and oxygen atoms in total. The van der Waals surface area contributed by atoms with Gasteiger partial charge < -0.3 is 15.0 Å². The minimum atomic E-state index is -0.503. The van der Waals surface area contributed by atoms with Crippen LogP contribution in [0.3, 0.4) is 0 Å². The lowest BCUT2D eigenvalue weighted by Gasteiger charge is -2.31. The van der Waals surface area contributed by atoms with Crippen molar-refractivity contribution in [1.82, 2.24) is 10.2 Å². The zero-order valence-electron chi connectivity index (χ0n) is 15.1. The molecule has 1 atom stereocenters. The van der Waals surface area contributed by atoms with E-state index >= 15 is 0 Å². The van der Waals surface area contributed by atoms with Crippen LogP contribution in [0, 0.1) is 0 Å². The summed E-state index contributed by atoms with van der Waals surface area (Å²) >= 11 is 0. The first-order valence-electron chi connectivity index (χ1n) is 8.98. The van der Waals surface area contributed by atoms with Gasteiger partial charge in [0.25, 0.3) is 5.91 Å². The Morgan fingerprint density at radius 1 is 1.07 bits per heavy atom. The molecule has 0 radical (unpaired) electrons. The van der Waals surface area contributed by atoms with Crippen molar-refractivity contribution < 1.29 is 19.1 Å². The number of nitrogens with zero attached hydrogens (tertiary/aromatic N) is 2. The number of hydrogen-bond donors (Lipinski definition) is 1. The topological polar surface area (TPSA) is 79.0 Å². The number of anilines is 1. The number of cyclic esters (lactones) is 1. The molecule has 28 heavy (non-hydrogen) atoms. The number of carbonyl (C=O) groups excluding carboxylic acids is 3. The number of hydrogen-bond acceptors (Lipinski definition) is 4. The van der Waals surface area contributed by atoms with Crippen LogP contribution in [0.2, 0.25) is 0 Å². The monoisotopic (exact) mass is 375 g/mol. The predicted octanol–water partition coefficient (Wildman–Crippen LogP) is 2.35. The summed E-state index contributed by atoms with van der Waals surface area (Å²) in [5.41, 5.74) is 3.99. The Balaban J connectivity index is 1.55. The lowest BCUT2D eigenvalue weighted by atomic mass is 9.96. The van der Waals surface area contributed by atoms with Crippen molar-refractivity contribution in [2.24, 2.45) is 0 Å². The summed E-state index contributed by atoms with van der Waals surface area (Å²) in [5.74, 6) is -0.556. The van der Waals surface area contributed by atoms with E-state index < -0.39 is 6.04 Å². The number of likely N-dealkylation sites (N-methyl/N-ethyl adjacent to an activating group) is 1. The van der Waals surface area contributed by atoms with Crippen molar-refractivity contribution >= 4 is 23.6 Å². The molecule has 7 heteroatoms. The van der Waals surface area contributed by atoms with Gasteiger partial charge in [0, 0.05) is 18.3 Å². The summed E-state index contributed by atoms with van der Waals surface area (Å²) in [7, 11) is 1.66. The van der Waals surface area contributed by atoms with Crippen LogP contribution < -0.4 is 10.2 Å². The molecule has 5 rings (SSSR count). The van der Waals surface area contributed by atoms with E-state index in [-0.39, 0.29) is 31.1 Å². The van der Waals surface area contributed by atoms with Gasteiger partial charge in [0.05, 0.1) is 29.4 Å². The smallest absolute Gasteiger partial charge is 0.338 e. The number of carbonyl (C=O) groups is 3. The molecule has 3 heterocycles. The van der Waals surface area contributed by atoms with Crippen LogP contribution in [0.5, 0.6) is 0 Å². The van der Waals surface area contributed by atoms with Gasteiger partial charge in [-0.2, -0.15) is 0 Å². The number of fused-ring (bicyclic) bond motifs is 1. The van der Waals surface area contributed by atoms with Crippen molar-refractivity contribution in [1.29, 1.82) is 0 Å². The molecule has 1 unspecified atom stereocenters. The van der Waals surface area contributed by atoms with Crippen molar-refractivity contribution in [2.75, 3.05) is 18.5 Å². The van der Waals surface area contributed by atoms with Crippen molar-refractivity contribution in [3.63, 3.8) is 0 Å². The van der Waals surface area contributed by atoms with E-state index in [2.05, 4.69) is 5.32 Å². The molecule has 0 saturated carbocycles. The molecule has 1 N–H and O–H groups in total. The normalized spacial score (nSPS) is 20.9. The summed E-state index contributed by atoms with van der Waals surface area (Å²) in [6, 6.07) is 14.0. The number of rotatable bonds is 2. The number of ether oxygens (including phenoxy) is 1. The maximum Gasteiger partial charge on any atom is 0.338 e. The fourth-order valence-electron chi connectivity index (χ4n) is 3.94. The minimum Gasteiger partial charge on any atom is -0.457 e.